The van der Waals surface area contributed by atoms with Crippen LogP contribution in [0.25, 0.3) is 0 Å². The van der Waals surface area contributed by atoms with E-state index in [9.17, 15) is 9.59 Å². The number of aromatic nitrogens is 2. The van der Waals surface area contributed by atoms with E-state index in [-0.39, 0.29) is 5.91 Å². The third-order valence-corrected chi connectivity index (χ3v) is 4.29. The number of piperazine rings is 1. The van der Waals surface area contributed by atoms with Crippen molar-refractivity contribution >= 4 is 24.0 Å². The zero-order valence-electron chi connectivity index (χ0n) is 14.2. The molecule has 0 saturated carbocycles. The molecule has 7 nitrogen and oxygen atoms in total. The number of nitrogens with one attached hydrogen (secondary N) is 1. The fourth-order valence-electron chi connectivity index (χ4n) is 2.77. The number of hydrogen-bond acceptors (Lipinski definition) is 5. The van der Waals surface area contributed by atoms with E-state index in [2.05, 4.69) is 15.3 Å². The van der Waals surface area contributed by atoms with Crippen molar-refractivity contribution in [2.75, 3.05) is 36.4 Å². The molecule has 1 N–H and O–H groups in total. The molecule has 1 aromatic carbocycles. The lowest BCUT2D eigenvalue weighted by molar-refractivity contribution is -0.118. The summed E-state index contributed by atoms with van der Waals surface area (Å²) >= 11 is 0. The standard InChI is InChI=1S/C18H21N5O2/c1-2-14-5-3-4-6-16(14)21-17(25)15-11-19-18(20-12-15)23-9-7-22(13-24)8-10-23/h3-6,11-13H,2,7-10H2,1H3,(H,21,25). The van der Waals surface area contributed by atoms with Gasteiger partial charge in [0, 0.05) is 44.3 Å². The van der Waals surface area contributed by atoms with Gasteiger partial charge in [0.1, 0.15) is 0 Å². The Morgan fingerprint density at radius 1 is 1.16 bits per heavy atom. The zero-order chi connectivity index (χ0) is 17.6. The van der Waals surface area contributed by atoms with Crippen LogP contribution in [0, 0.1) is 0 Å². The van der Waals surface area contributed by atoms with Gasteiger partial charge in [0.25, 0.3) is 5.91 Å². The average Bonchev–Trinajstić information content (AvgIpc) is 2.68. The van der Waals surface area contributed by atoms with E-state index in [1.165, 1.54) is 0 Å². The van der Waals surface area contributed by atoms with Crippen molar-refractivity contribution in [1.29, 1.82) is 0 Å². The highest BCUT2D eigenvalue weighted by molar-refractivity contribution is 6.04. The summed E-state index contributed by atoms with van der Waals surface area (Å²) in [5.41, 5.74) is 2.31. The molecule has 0 bridgehead atoms. The van der Waals surface area contributed by atoms with Crippen LogP contribution in [0.15, 0.2) is 36.7 Å². The van der Waals surface area contributed by atoms with Gasteiger partial charge < -0.3 is 15.1 Å². The van der Waals surface area contributed by atoms with Gasteiger partial charge in [-0.15, -0.1) is 0 Å². The van der Waals surface area contributed by atoms with Gasteiger partial charge >= 0.3 is 0 Å². The Morgan fingerprint density at radius 2 is 1.84 bits per heavy atom. The first-order valence-corrected chi connectivity index (χ1v) is 8.37. The van der Waals surface area contributed by atoms with E-state index in [1.54, 1.807) is 17.3 Å². The van der Waals surface area contributed by atoms with Crippen molar-refractivity contribution in [3.05, 3.63) is 47.8 Å². The van der Waals surface area contributed by atoms with Crippen LogP contribution in [0.4, 0.5) is 11.6 Å². The van der Waals surface area contributed by atoms with Crippen LogP contribution in [0.3, 0.4) is 0 Å². The molecule has 2 aromatic rings. The molecule has 2 amide bonds. The molecule has 0 radical (unpaired) electrons. The summed E-state index contributed by atoms with van der Waals surface area (Å²) in [6, 6.07) is 7.73. The first-order valence-electron chi connectivity index (χ1n) is 8.37. The summed E-state index contributed by atoms with van der Waals surface area (Å²) < 4.78 is 0. The molecular weight excluding hydrogens is 318 g/mol. The van der Waals surface area contributed by atoms with Gasteiger partial charge in [-0.2, -0.15) is 0 Å². The molecule has 1 aromatic heterocycles. The lowest BCUT2D eigenvalue weighted by atomic mass is 10.1. The number of hydrogen-bond donors (Lipinski definition) is 1. The second-order valence-electron chi connectivity index (χ2n) is 5.86. The Kier molecular flexibility index (Phi) is 5.23. The third-order valence-electron chi connectivity index (χ3n) is 4.29. The van der Waals surface area contributed by atoms with Crippen LogP contribution in [-0.4, -0.2) is 53.4 Å². The molecule has 1 aliphatic heterocycles. The largest absolute Gasteiger partial charge is 0.342 e. The van der Waals surface area contributed by atoms with Crippen molar-refractivity contribution in [1.82, 2.24) is 14.9 Å². The molecule has 0 unspecified atom stereocenters. The SMILES string of the molecule is CCc1ccccc1NC(=O)c1cnc(N2CCN(C=O)CC2)nc1. The second-order valence-corrected chi connectivity index (χ2v) is 5.86. The van der Waals surface area contributed by atoms with Gasteiger partial charge in [-0.3, -0.25) is 9.59 Å². The summed E-state index contributed by atoms with van der Waals surface area (Å²) in [7, 11) is 0. The van der Waals surface area contributed by atoms with Gasteiger partial charge in [-0.25, -0.2) is 9.97 Å². The van der Waals surface area contributed by atoms with Crippen LogP contribution in [0.5, 0.6) is 0 Å². The summed E-state index contributed by atoms with van der Waals surface area (Å²) in [4.78, 5) is 35.5. The minimum Gasteiger partial charge on any atom is -0.342 e. The van der Waals surface area contributed by atoms with E-state index in [0.717, 1.165) is 24.1 Å². The van der Waals surface area contributed by atoms with Crippen LogP contribution >= 0.6 is 0 Å². The normalized spacial score (nSPS) is 14.3. The topological polar surface area (TPSA) is 78.4 Å². The van der Waals surface area contributed by atoms with Crippen molar-refractivity contribution in [3.63, 3.8) is 0 Å². The molecule has 0 aliphatic carbocycles. The first kappa shape index (κ1) is 16.9. The first-order chi connectivity index (χ1) is 12.2. The molecule has 3 rings (SSSR count). The third kappa shape index (κ3) is 3.93. The number of carbonyl (C=O) groups excluding carboxylic acids is 2. The van der Waals surface area contributed by atoms with E-state index < -0.39 is 0 Å². The number of rotatable bonds is 5. The lowest BCUT2D eigenvalue weighted by Gasteiger charge is -2.32. The fraction of sp³-hybridized carbons (Fsp3) is 0.333. The van der Waals surface area contributed by atoms with Crippen LogP contribution in [-0.2, 0) is 11.2 Å². The smallest absolute Gasteiger partial charge is 0.258 e. The number of carbonyl (C=O) groups is 2. The summed E-state index contributed by atoms with van der Waals surface area (Å²) in [5.74, 6) is 0.356. The van der Waals surface area contributed by atoms with Gasteiger partial charge in [-0.05, 0) is 18.1 Å². The maximum Gasteiger partial charge on any atom is 0.258 e. The Morgan fingerprint density at radius 3 is 2.48 bits per heavy atom. The molecule has 1 fully saturated rings. The number of anilines is 2. The van der Waals surface area contributed by atoms with Crippen molar-refractivity contribution in [2.24, 2.45) is 0 Å². The zero-order valence-corrected chi connectivity index (χ0v) is 14.2. The predicted molar refractivity (Wildman–Crippen MR) is 95.7 cm³/mol. The highest BCUT2D eigenvalue weighted by atomic mass is 16.1. The number of para-hydroxylation sites is 1. The van der Waals surface area contributed by atoms with Crippen LogP contribution < -0.4 is 10.2 Å². The summed E-state index contributed by atoms with van der Waals surface area (Å²) in [6.07, 6.45) is 4.79. The Bertz CT molecular complexity index is 739. The molecule has 1 aliphatic rings. The van der Waals surface area contributed by atoms with Crippen molar-refractivity contribution in [2.45, 2.75) is 13.3 Å². The monoisotopic (exact) mass is 339 g/mol. The number of nitrogens with zero attached hydrogens (tertiary/aromatic N) is 4. The minimum atomic E-state index is -0.224. The fourth-order valence-corrected chi connectivity index (χ4v) is 2.77. The van der Waals surface area contributed by atoms with E-state index in [1.807, 2.05) is 36.1 Å². The Labute approximate surface area is 146 Å². The number of aryl methyl sites for hydroxylation is 1. The van der Waals surface area contributed by atoms with E-state index >= 15 is 0 Å². The van der Waals surface area contributed by atoms with Crippen molar-refractivity contribution < 1.29 is 9.59 Å². The number of amides is 2. The Balaban J connectivity index is 1.66. The van der Waals surface area contributed by atoms with Gasteiger partial charge in [0.15, 0.2) is 0 Å². The van der Waals surface area contributed by atoms with Crippen LogP contribution in [0.2, 0.25) is 0 Å². The molecule has 0 atom stereocenters. The molecular formula is C18H21N5O2. The molecule has 1 saturated heterocycles. The average molecular weight is 339 g/mol. The quantitative estimate of drug-likeness (QED) is 0.837. The maximum absolute atomic E-state index is 12.4. The molecule has 0 spiro atoms. The molecule has 7 heteroatoms. The predicted octanol–water partition coefficient (Wildman–Crippen LogP) is 1.57. The highest BCUT2D eigenvalue weighted by Crippen LogP contribution is 2.17. The molecule has 25 heavy (non-hydrogen) atoms. The van der Waals surface area contributed by atoms with Gasteiger partial charge in [0.2, 0.25) is 12.4 Å². The molecule has 2 heterocycles. The maximum atomic E-state index is 12.4. The summed E-state index contributed by atoms with van der Waals surface area (Å²) in [5, 5.41) is 2.91. The van der Waals surface area contributed by atoms with E-state index in [4.69, 9.17) is 0 Å². The highest BCUT2D eigenvalue weighted by Gasteiger charge is 2.18. The van der Waals surface area contributed by atoms with Crippen molar-refractivity contribution in [3.8, 4) is 0 Å². The van der Waals surface area contributed by atoms with Gasteiger partial charge in [0.05, 0.1) is 5.56 Å². The van der Waals surface area contributed by atoms with Crippen LogP contribution in [0.1, 0.15) is 22.8 Å². The number of benzene rings is 1. The van der Waals surface area contributed by atoms with Gasteiger partial charge in [-0.1, -0.05) is 25.1 Å². The lowest BCUT2D eigenvalue weighted by Crippen LogP contribution is -2.46. The minimum absolute atomic E-state index is 0.224. The molecule has 130 valence electrons. The summed E-state index contributed by atoms with van der Waals surface area (Å²) in [6.45, 7) is 4.74. The second kappa shape index (κ2) is 7.74. The Hall–Kier alpha value is -2.96. The van der Waals surface area contributed by atoms with E-state index in [0.29, 0.717) is 37.7 Å².